The Morgan fingerprint density at radius 1 is 1.30 bits per heavy atom. The summed E-state index contributed by atoms with van der Waals surface area (Å²) in [5, 5.41) is 9.33. The molecule has 0 aliphatic rings. The summed E-state index contributed by atoms with van der Waals surface area (Å²) in [5.41, 5.74) is 6.00. The third-order valence-electron chi connectivity index (χ3n) is 4.38. The van der Waals surface area contributed by atoms with Gasteiger partial charge in [0.15, 0.2) is 6.29 Å². The number of carbonyl (C=O) groups is 2. The van der Waals surface area contributed by atoms with Crippen LogP contribution < -0.4 is 10.6 Å². The first-order valence-corrected chi connectivity index (χ1v) is 8.97. The van der Waals surface area contributed by atoms with Gasteiger partial charge in [0.05, 0.1) is 27.5 Å². The number of halogens is 3. The number of benzene rings is 1. The standard InChI is InChI=1S/C19H25ClF2N2O3/c1-5-6-15(11(4)19(26)27)24(10(2)3)18-14(9-25)17(23)13(8-22)12(7-21)16(18)20/h9-10H,5-8,23H2,1-4H3,(H,26,27)/b15-11+. The SMILES string of the molecule is CCC/C(=C(/C)C(=O)O)N(c1c(Cl)c(CF)c(CF)c(N)c1C=O)C(C)C. The minimum absolute atomic E-state index is 0.0772. The molecule has 27 heavy (non-hydrogen) atoms. The zero-order valence-corrected chi connectivity index (χ0v) is 16.7. The highest BCUT2D eigenvalue weighted by Gasteiger charge is 2.29. The summed E-state index contributed by atoms with van der Waals surface area (Å²) in [5.74, 6) is -1.12. The summed E-state index contributed by atoms with van der Waals surface area (Å²) in [6.07, 6.45) is 1.46. The lowest BCUT2D eigenvalue weighted by molar-refractivity contribution is -0.132. The van der Waals surface area contributed by atoms with Crippen molar-refractivity contribution in [2.45, 2.75) is 59.9 Å². The fourth-order valence-electron chi connectivity index (χ4n) is 3.05. The van der Waals surface area contributed by atoms with Gasteiger partial charge in [0.2, 0.25) is 0 Å². The van der Waals surface area contributed by atoms with Gasteiger partial charge in [-0.3, -0.25) is 4.79 Å². The van der Waals surface area contributed by atoms with Crippen LogP contribution in [0.2, 0.25) is 5.02 Å². The van der Waals surface area contributed by atoms with E-state index in [2.05, 4.69) is 0 Å². The molecular formula is C19H25ClF2N2O3. The second-order valence-electron chi connectivity index (χ2n) is 6.42. The van der Waals surface area contributed by atoms with E-state index in [0.717, 1.165) is 0 Å². The molecule has 0 amide bonds. The monoisotopic (exact) mass is 402 g/mol. The molecule has 0 spiro atoms. The molecular weight excluding hydrogens is 378 g/mol. The van der Waals surface area contributed by atoms with Crippen LogP contribution in [-0.4, -0.2) is 23.4 Å². The van der Waals surface area contributed by atoms with Crippen LogP contribution in [0.5, 0.6) is 0 Å². The zero-order valence-electron chi connectivity index (χ0n) is 15.9. The third-order valence-corrected chi connectivity index (χ3v) is 4.79. The second-order valence-corrected chi connectivity index (χ2v) is 6.80. The van der Waals surface area contributed by atoms with Crippen molar-refractivity contribution >= 4 is 35.2 Å². The number of hydrogen-bond acceptors (Lipinski definition) is 4. The Morgan fingerprint density at radius 2 is 1.85 bits per heavy atom. The molecule has 0 radical (unpaired) electrons. The molecule has 0 aliphatic heterocycles. The molecule has 1 rings (SSSR count). The van der Waals surface area contributed by atoms with Crippen LogP contribution in [0.4, 0.5) is 20.2 Å². The number of nitrogens with zero attached hydrogens (tertiary/aromatic N) is 1. The smallest absolute Gasteiger partial charge is 0.333 e. The number of allylic oxidation sites excluding steroid dienone is 1. The Hall–Kier alpha value is -2.15. The molecule has 8 heteroatoms. The Balaban J connectivity index is 4.01. The Morgan fingerprint density at radius 3 is 2.22 bits per heavy atom. The number of aldehydes is 1. The number of carboxylic acids is 1. The van der Waals surface area contributed by atoms with Gasteiger partial charge in [0, 0.05) is 22.9 Å². The zero-order chi connectivity index (χ0) is 20.9. The van der Waals surface area contributed by atoms with Crippen molar-refractivity contribution in [2.24, 2.45) is 0 Å². The Kier molecular flexibility index (Phi) is 8.21. The van der Waals surface area contributed by atoms with Crippen LogP contribution in [0.25, 0.3) is 0 Å². The Bertz CT molecular complexity index is 764. The van der Waals surface area contributed by atoms with Crippen molar-refractivity contribution in [2.75, 3.05) is 10.6 Å². The number of rotatable bonds is 9. The number of carbonyl (C=O) groups excluding carboxylic acids is 1. The number of nitrogen functional groups attached to an aromatic ring is 1. The van der Waals surface area contributed by atoms with E-state index in [4.69, 9.17) is 17.3 Å². The van der Waals surface area contributed by atoms with Crippen molar-refractivity contribution < 1.29 is 23.5 Å². The molecule has 0 atom stereocenters. The molecule has 0 bridgehead atoms. The molecule has 0 unspecified atom stereocenters. The van der Waals surface area contributed by atoms with E-state index in [9.17, 15) is 23.5 Å². The van der Waals surface area contributed by atoms with Gasteiger partial charge in [0.25, 0.3) is 0 Å². The van der Waals surface area contributed by atoms with E-state index >= 15 is 0 Å². The van der Waals surface area contributed by atoms with E-state index in [-0.39, 0.29) is 44.7 Å². The maximum absolute atomic E-state index is 13.6. The predicted octanol–water partition coefficient (Wildman–Crippen LogP) is 5.05. The van der Waals surface area contributed by atoms with Gasteiger partial charge in [0.1, 0.15) is 13.3 Å². The van der Waals surface area contributed by atoms with Crippen molar-refractivity contribution in [3.05, 3.63) is 33.0 Å². The van der Waals surface area contributed by atoms with Crippen molar-refractivity contribution in [1.29, 1.82) is 0 Å². The van der Waals surface area contributed by atoms with Gasteiger partial charge < -0.3 is 15.7 Å². The maximum Gasteiger partial charge on any atom is 0.333 e. The number of alkyl halides is 2. The largest absolute Gasteiger partial charge is 0.478 e. The number of carboxylic acid groups (broad SMARTS) is 1. The summed E-state index contributed by atoms with van der Waals surface area (Å²) in [6.45, 7) is 4.76. The maximum atomic E-state index is 13.6. The lowest BCUT2D eigenvalue weighted by Gasteiger charge is -2.35. The fraction of sp³-hybridized carbons (Fsp3) is 0.474. The van der Waals surface area contributed by atoms with E-state index in [1.54, 1.807) is 18.7 Å². The number of aliphatic carboxylic acids is 1. The minimum Gasteiger partial charge on any atom is -0.478 e. The summed E-state index contributed by atoms with van der Waals surface area (Å²) in [7, 11) is 0. The Labute approximate surface area is 162 Å². The third kappa shape index (κ3) is 4.40. The molecule has 0 aliphatic carbocycles. The summed E-state index contributed by atoms with van der Waals surface area (Å²) < 4.78 is 27.0. The molecule has 0 aromatic heterocycles. The number of anilines is 2. The molecule has 0 saturated heterocycles. The van der Waals surface area contributed by atoms with E-state index in [0.29, 0.717) is 24.8 Å². The normalized spacial score (nSPS) is 12.1. The molecule has 0 saturated carbocycles. The summed E-state index contributed by atoms with van der Waals surface area (Å²) >= 11 is 6.38. The molecule has 3 N–H and O–H groups in total. The van der Waals surface area contributed by atoms with Gasteiger partial charge in [-0.25, -0.2) is 13.6 Å². The molecule has 1 aromatic carbocycles. The first-order chi connectivity index (χ1) is 12.7. The molecule has 1 aromatic rings. The molecule has 150 valence electrons. The van der Waals surface area contributed by atoms with Crippen LogP contribution in [0, 0.1) is 0 Å². The molecule has 5 nitrogen and oxygen atoms in total. The van der Waals surface area contributed by atoms with Crippen LogP contribution in [0.3, 0.4) is 0 Å². The van der Waals surface area contributed by atoms with Crippen molar-refractivity contribution in [1.82, 2.24) is 0 Å². The quantitative estimate of drug-likeness (QED) is 0.343. The average molecular weight is 403 g/mol. The van der Waals surface area contributed by atoms with Crippen LogP contribution in [0.1, 0.15) is 62.0 Å². The van der Waals surface area contributed by atoms with Crippen molar-refractivity contribution in [3.63, 3.8) is 0 Å². The molecule has 0 fully saturated rings. The second kappa shape index (κ2) is 9.69. The summed E-state index contributed by atoms with van der Waals surface area (Å²) in [6, 6.07) is -0.319. The predicted molar refractivity (Wildman–Crippen MR) is 104 cm³/mol. The highest BCUT2D eigenvalue weighted by molar-refractivity contribution is 6.35. The van der Waals surface area contributed by atoms with Crippen LogP contribution in [0.15, 0.2) is 11.3 Å². The van der Waals surface area contributed by atoms with E-state index < -0.39 is 19.3 Å². The van der Waals surface area contributed by atoms with Gasteiger partial charge in [-0.2, -0.15) is 0 Å². The average Bonchev–Trinajstić information content (AvgIpc) is 2.62. The highest BCUT2D eigenvalue weighted by Crippen LogP contribution is 2.43. The van der Waals surface area contributed by atoms with Gasteiger partial charge in [-0.05, 0) is 27.2 Å². The topological polar surface area (TPSA) is 83.6 Å². The fourth-order valence-corrected chi connectivity index (χ4v) is 3.40. The lowest BCUT2D eigenvalue weighted by Crippen LogP contribution is -2.33. The minimum atomic E-state index is -1.12. The van der Waals surface area contributed by atoms with E-state index in [1.807, 2.05) is 6.92 Å². The lowest BCUT2D eigenvalue weighted by atomic mass is 9.97. The van der Waals surface area contributed by atoms with E-state index in [1.165, 1.54) is 6.92 Å². The first kappa shape index (κ1) is 22.9. The number of nitrogens with two attached hydrogens (primary N) is 1. The van der Waals surface area contributed by atoms with Gasteiger partial charge in [-0.1, -0.05) is 24.9 Å². The number of hydrogen-bond donors (Lipinski definition) is 2. The van der Waals surface area contributed by atoms with Crippen molar-refractivity contribution in [3.8, 4) is 0 Å². The summed E-state index contributed by atoms with van der Waals surface area (Å²) in [4.78, 5) is 24.9. The van der Waals surface area contributed by atoms with Crippen LogP contribution in [-0.2, 0) is 18.1 Å². The molecule has 0 heterocycles. The van der Waals surface area contributed by atoms with Gasteiger partial charge >= 0.3 is 5.97 Å². The van der Waals surface area contributed by atoms with Gasteiger partial charge in [-0.15, -0.1) is 0 Å². The first-order valence-electron chi connectivity index (χ1n) is 8.59. The van der Waals surface area contributed by atoms with Crippen LogP contribution >= 0.6 is 11.6 Å². The highest BCUT2D eigenvalue weighted by atomic mass is 35.5.